The van der Waals surface area contributed by atoms with Crippen LogP contribution in [0.15, 0.2) is 30.3 Å². The van der Waals surface area contributed by atoms with Crippen molar-refractivity contribution in [3.05, 3.63) is 35.9 Å². The van der Waals surface area contributed by atoms with E-state index in [0.29, 0.717) is 6.54 Å². The molecule has 1 fully saturated rings. The van der Waals surface area contributed by atoms with Crippen molar-refractivity contribution in [1.82, 2.24) is 10.2 Å². The monoisotopic (exact) mass is 232 g/mol. The van der Waals surface area contributed by atoms with Gasteiger partial charge in [0.1, 0.15) is 6.17 Å². The second-order valence-corrected chi connectivity index (χ2v) is 4.49. The minimum atomic E-state index is 0.0700. The van der Waals surface area contributed by atoms with Gasteiger partial charge in [-0.15, -0.1) is 0 Å². The lowest BCUT2D eigenvalue weighted by Gasteiger charge is -2.24. The predicted octanol–water partition coefficient (Wildman–Crippen LogP) is 2.31. The zero-order chi connectivity index (χ0) is 12.1. The van der Waals surface area contributed by atoms with Gasteiger partial charge in [-0.25, -0.2) is 0 Å². The molecule has 1 aromatic rings. The molecule has 1 aliphatic heterocycles. The summed E-state index contributed by atoms with van der Waals surface area (Å²) in [5.74, 6) is 0.218. The summed E-state index contributed by atoms with van der Waals surface area (Å²) in [7, 11) is 0. The molecule has 1 amide bonds. The summed E-state index contributed by atoms with van der Waals surface area (Å²) in [6.07, 6.45) is 3.53. The molecule has 1 aliphatic rings. The van der Waals surface area contributed by atoms with E-state index in [9.17, 15) is 4.79 Å². The quantitative estimate of drug-likeness (QED) is 0.790. The minimum absolute atomic E-state index is 0.0700. The Hall–Kier alpha value is -1.35. The summed E-state index contributed by atoms with van der Waals surface area (Å²) in [5.41, 5.74) is 1.18. The second kappa shape index (κ2) is 5.82. The summed E-state index contributed by atoms with van der Waals surface area (Å²) in [6, 6.07) is 10.2. The number of carbonyl (C=O) groups excluding carboxylic acids is 1. The maximum absolute atomic E-state index is 11.8. The number of unbranched alkanes of at least 4 members (excludes halogenated alkanes) is 2. The molecule has 0 saturated carbocycles. The largest absolute Gasteiger partial charge is 0.322 e. The number of amides is 1. The predicted molar refractivity (Wildman–Crippen MR) is 68.4 cm³/mol. The van der Waals surface area contributed by atoms with Crippen LogP contribution in [-0.4, -0.2) is 23.9 Å². The fourth-order valence-corrected chi connectivity index (χ4v) is 2.26. The van der Waals surface area contributed by atoms with E-state index in [1.807, 2.05) is 23.1 Å². The van der Waals surface area contributed by atoms with Gasteiger partial charge < -0.3 is 4.90 Å². The summed E-state index contributed by atoms with van der Waals surface area (Å²) in [6.45, 7) is 3.50. The summed E-state index contributed by atoms with van der Waals surface area (Å²) in [4.78, 5) is 13.8. The Kier molecular flexibility index (Phi) is 4.15. The molecule has 0 aromatic heterocycles. The lowest BCUT2D eigenvalue weighted by molar-refractivity contribution is -0.128. The summed E-state index contributed by atoms with van der Waals surface area (Å²) >= 11 is 0. The fraction of sp³-hybridized carbons (Fsp3) is 0.500. The molecule has 0 bridgehead atoms. The number of benzene rings is 1. The van der Waals surface area contributed by atoms with Crippen molar-refractivity contribution in [3.63, 3.8) is 0 Å². The number of hydrogen-bond donors (Lipinski definition) is 1. The summed E-state index contributed by atoms with van der Waals surface area (Å²) < 4.78 is 0. The number of rotatable bonds is 5. The Bertz CT molecular complexity index is 364. The van der Waals surface area contributed by atoms with Crippen molar-refractivity contribution in [2.45, 2.75) is 32.4 Å². The van der Waals surface area contributed by atoms with Gasteiger partial charge in [-0.1, -0.05) is 50.1 Å². The first-order chi connectivity index (χ1) is 8.33. The molecule has 1 unspecified atom stereocenters. The molecule has 1 saturated heterocycles. The molecular weight excluding hydrogens is 212 g/mol. The van der Waals surface area contributed by atoms with Gasteiger partial charge in [-0.2, -0.15) is 0 Å². The third-order valence-corrected chi connectivity index (χ3v) is 3.20. The topological polar surface area (TPSA) is 32.3 Å². The van der Waals surface area contributed by atoms with E-state index in [1.165, 1.54) is 18.4 Å². The molecule has 3 heteroatoms. The Balaban J connectivity index is 2.03. The molecule has 92 valence electrons. The van der Waals surface area contributed by atoms with Crippen molar-refractivity contribution in [1.29, 1.82) is 0 Å². The van der Waals surface area contributed by atoms with E-state index in [0.717, 1.165) is 13.0 Å². The van der Waals surface area contributed by atoms with Gasteiger partial charge in [-0.3, -0.25) is 10.1 Å². The van der Waals surface area contributed by atoms with Crippen molar-refractivity contribution in [2.75, 3.05) is 13.1 Å². The van der Waals surface area contributed by atoms with Crippen LogP contribution >= 0.6 is 0 Å². The highest BCUT2D eigenvalue weighted by atomic mass is 16.2. The van der Waals surface area contributed by atoms with Crippen LogP contribution < -0.4 is 5.32 Å². The number of nitrogens with zero attached hydrogens (tertiary/aromatic N) is 1. The Morgan fingerprint density at radius 3 is 2.76 bits per heavy atom. The zero-order valence-corrected chi connectivity index (χ0v) is 10.4. The SMILES string of the molecule is CCCCCN1C(=O)CNC1c1ccccc1. The fourth-order valence-electron chi connectivity index (χ4n) is 2.26. The Morgan fingerprint density at radius 1 is 1.29 bits per heavy atom. The highest BCUT2D eigenvalue weighted by molar-refractivity contribution is 5.80. The normalized spacial score (nSPS) is 19.9. The maximum atomic E-state index is 11.8. The first-order valence-electron chi connectivity index (χ1n) is 6.40. The Morgan fingerprint density at radius 2 is 2.06 bits per heavy atom. The van der Waals surface area contributed by atoms with E-state index in [2.05, 4.69) is 24.4 Å². The van der Waals surface area contributed by atoms with Crippen molar-refractivity contribution in [2.24, 2.45) is 0 Å². The standard InChI is InChI=1S/C14H20N2O/c1-2-3-7-10-16-13(17)11-15-14(16)12-8-5-4-6-9-12/h4-6,8-9,14-15H,2-3,7,10-11H2,1H3. The molecule has 3 nitrogen and oxygen atoms in total. The molecule has 1 heterocycles. The van der Waals surface area contributed by atoms with Crippen LogP contribution in [0.5, 0.6) is 0 Å². The van der Waals surface area contributed by atoms with Crippen LogP contribution in [0.2, 0.25) is 0 Å². The first kappa shape index (κ1) is 12.1. The van der Waals surface area contributed by atoms with Crippen LogP contribution in [-0.2, 0) is 4.79 Å². The van der Waals surface area contributed by atoms with Gasteiger partial charge in [0.25, 0.3) is 0 Å². The van der Waals surface area contributed by atoms with Crippen LogP contribution in [0.1, 0.15) is 37.9 Å². The van der Waals surface area contributed by atoms with Gasteiger partial charge in [-0.05, 0) is 12.0 Å². The number of hydrogen-bond acceptors (Lipinski definition) is 2. The van der Waals surface area contributed by atoms with E-state index < -0.39 is 0 Å². The number of nitrogens with one attached hydrogen (secondary N) is 1. The van der Waals surface area contributed by atoms with E-state index >= 15 is 0 Å². The smallest absolute Gasteiger partial charge is 0.238 e. The van der Waals surface area contributed by atoms with Gasteiger partial charge in [0.2, 0.25) is 5.91 Å². The van der Waals surface area contributed by atoms with Crippen molar-refractivity contribution in [3.8, 4) is 0 Å². The molecule has 1 aromatic carbocycles. The number of carbonyl (C=O) groups is 1. The van der Waals surface area contributed by atoms with E-state index in [1.54, 1.807) is 0 Å². The van der Waals surface area contributed by atoms with Crippen LogP contribution in [0.25, 0.3) is 0 Å². The highest BCUT2D eigenvalue weighted by Gasteiger charge is 2.30. The molecule has 1 atom stereocenters. The van der Waals surface area contributed by atoms with E-state index in [4.69, 9.17) is 0 Å². The minimum Gasteiger partial charge on any atom is -0.322 e. The molecule has 0 spiro atoms. The van der Waals surface area contributed by atoms with E-state index in [-0.39, 0.29) is 12.1 Å². The molecule has 0 aliphatic carbocycles. The average molecular weight is 232 g/mol. The molecule has 1 N–H and O–H groups in total. The highest BCUT2D eigenvalue weighted by Crippen LogP contribution is 2.22. The lowest BCUT2D eigenvalue weighted by atomic mass is 10.1. The molecular formula is C14H20N2O. The average Bonchev–Trinajstić information content (AvgIpc) is 2.73. The third-order valence-electron chi connectivity index (χ3n) is 3.20. The van der Waals surface area contributed by atoms with Gasteiger partial charge in [0.15, 0.2) is 0 Å². The lowest BCUT2D eigenvalue weighted by Crippen LogP contribution is -2.31. The van der Waals surface area contributed by atoms with Gasteiger partial charge in [0.05, 0.1) is 6.54 Å². The zero-order valence-electron chi connectivity index (χ0n) is 10.4. The van der Waals surface area contributed by atoms with Crippen LogP contribution in [0.4, 0.5) is 0 Å². The van der Waals surface area contributed by atoms with Crippen LogP contribution in [0, 0.1) is 0 Å². The molecule has 17 heavy (non-hydrogen) atoms. The second-order valence-electron chi connectivity index (χ2n) is 4.49. The Labute approximate surface area is 103 Å². The first-order valence-corrected chi connectivity index (χ1v) is 6.40. The summed E-state index contributed by atoms with van der Waals surface area (Å²) in [5, 5.41) is 3.28. The third kappa shape index (κ3) is 2.86. The van der Waals surface area contributed by atoms with Gasteiger partial charge in [0, 0.05) is 6.54 Å². The van der Waals surface area contributed by atoms with Crippen molar-refractivity contribution >= 4 is 5.91 Å². The van der Waals surface area contributed by atoms with Crippen LogP contribution in [0.3, 0.4) is 0 Å². The maximum Gasteiger partial charge on any atom is 0.238 e. The molecule has 0 radical (unpaired) electrons. The molecule has 2 rings (SSSR count). The van der Waals surface area contributed by atoms with Crippen molar-refractivity contribution < 1.29 is 4.79 Å². The van der Waals surface area contributed by atoms with Gasteiger partial charge >= 0.3 is 0 Å².